The molecular weight excluding hydrogens is 309 g/mol. The second-order valence-electron chi connectivity index (χ2n) is 5.25. The number of carbonyl (C=O) groups excluding carboxylic acids is 1. The van der Waals surface area contributed by atoms with Crippen LogP contribution in [0.3, 0.4) is 0 Å². The summed E-state index contributed by atoms with van der Waals surface area (Å²) in [5.41, 5.74) is -1.16. The highest BCUT2D eigenvalue weighted by Crippen LogP contribution is 2.54. The number of carbonyl (C=O) groups is 1. The highest BCUT2D eigenvalue weighted by Gasteiger charge is 2.63. The molecule has 8 heteroatoms. The molecule has 0 spiro atoms. The van der Waals surface area contributed by atoms with Crippen LogP contribution in [0.1, 0.15) is 23.8 Å². The summed E-state index contributed by atoms with van der Waals surface area (Å²) in [5, 5.41) is 2.77. The number of anilines is 1. The van der Waals surface area contributed by atoms with E-state index in [0.717, 1.165) is 0 Å². The zero-order valence-corrected chi connectivity index (χ0v) is 12.7. The third-order valence-electron chi connectivity index (χ3n) is 3.43. The lowest BCUT2D eigenvalue weighted by atomic mass is 10.2. The van der Waals surface area contributed by atoms with Crippen molar-refractivity contribution in [2.45, 2.75) is 25.9 Å². The normalized spacial score (nSPS) is 23.2. The minimum atomic E-state index is -1.82. The van der Waals surface area contributed by atoms with Crippen LogP contribution in [0.25, 0.3) is 0 Å². The van der Waals surface area contributed by atoms with Gasteiger partial charge in [-0.1, -0.05) is 11.6 Å². The lowest BCUT2D eigenvalue weighted by Gasteiger charge is -2.08. The maximum Gasteiger partial charge on any atom is 0.232 e. The van der Waals surface area contributed by atoms with E-state index < -0.39 is 17.5 Å². The average Bonchev–Trinajstić information content (AvgIpc) is 3.11. The summed E-state index contributed by atoms with van der Waals surface area (Å²) in [6.45, 7) is 3.40. The molecule has 0 aliphatic heterocycles. The summed E-state index contributed by atoms with van der Waals surface area (Å²) in [5.74, 6) is -0.580. The van der Waals surface area contributed by atoms with Gasteiger partial charge in [0.05, 0.1) is 5.92 Å². The third-order valence-corrected chi connectivity index (χ3v) is 3.63. The van der Waals surface area contributed by atoms with Crippen LogP contribution >= 0.6 is 11.6 Å². The number of nitrogens with zero attached hydrogens (tertiary/aromatic N) is 4. The number of amides is 1. The largest absolute Gasteiger partial charge is 0.310 e. The lowest BCUT2D eigenvalue weighted by Crippen LogP contribution is -2.21. The van der Waals surface area contributed by atoms with Gasteiger partial charge in [-0.2, -0.15) is 0 Å². The van der Waals surface area contributed by atoms with Gasteiger partial charge >= 0.3 is 0 Å². The molecule has 22 heavy (non-hydrogen) atoms. The van der Waals surface area contributed by atoms with Crippen molar-refractivity contribution < 1.29 is 9.18 Å². The molecule has 1 saturated carbocycles. The van der Waals surface area contributed by atoms with E-state index in [0.29, 0.717) is 11.5 Å². The Morgan fingerprint density at radius 3 is 2.86 bits per heavy atom. The Kier molecular flexibility index (Phi) is 3.52. The molecule has 1 aliphatic rings. The highest BCUT2D eigenvalue weighted by molar-refractivity contribution is 6.29. The Morgan fingerprint density at radius 1 is 1.41 bits per heavy atom. The molecule has 2 heterocycles. The quantitative estimate of drug-likeness (QED) is 0.878. The van der Waals surface area contributed by atoms with Crippen LogP contribution < -0.4 is 5.32 Å². The third kappa shape index (κ3) is 2.76. The van der Waals surface area contributed by atoms with Crippen LogP contribution in [0.2, 0.25) is 5.15 Å². The van der Waals surface area contributed by atoms with Crippen molar-refractivity contribution in [1.29, 1.82) is 0 Å². The van der Waals surface area contributed by atoms with Gasteiger partial charge in [-0.3, -0.25) is 4.79 Å². The molecule has 1 N–H and O–H groups in total. The lowest BCUT2D eigenvalue weighted by molar-refractivity contribution is -0.118. The number of nitrogens with one attached hydrogen (secondary N) is 1. The summed E-state index contributed by atoms with van der Waals surface area (Å²) in [6.07, 6.45) is 1.54. The fraction of sp³-hybridized carbons (Fsp3) is 0.357. The van der Waals surface area contributed by atoms with E-state index in [1.165, 1.54) is 12.3 Å². The van der Waals surface area contributed by atoms with Crippen LogP contribution in [0.15, 0.2) is 18.3 Å². The Morgan fingerprint density at radius 2 is 2.18 bits per heavy atom. The van der Waals surface area contributed by atoms with Gasteiger partial charge in [0.25, 0.3) is 0 Å². The van der Waals surface area contributed by atoms with Gasteiger partial charge in [0.1, 0.15) is 16.8 Å². The molecule has 0 radical (unpaired) electrons. The SMILES string of the molecule is Cc1ccnc([C@]2(F)C[C@H]2C(=O)Nc2cc(Cl)nc(C)n2)n1. The Balaban J connectivity index is 1.75. The van der Waals surface area contributed by atoms with Gasteiger partial charge in [0, 0.05) is 24.4 Å². The average molecular weight is 322 g/mol. The standard InChI is InChI=1S/C14H13ClFN5O/c1-7-3-4-17-13(18-7)14(16)6-9(14)12(22)21-11-5-10(15)19-8(2)20-11/h3-5,9H,6H2,1-2H3,(H,19,20,21,22)/t9-,14-/m0/s1. The van der Waals surface area contributed by atoms with E-state index in [1.807, 2.05) is 0 Å². The predicted octanol–water partition coefficient (Wildman–Crippen LogP) is 2.36. The van der Waals surface area contributed by atoms with Crippen molar-refractivity contribution >= 4 is 23.3 Å². The van der Waals surface area contributed by atoms with Gasteiger partial charge in [0.15, 0.2) is 11.5 Å². The van der Waals surface area contributed by atoms with Crippen molar-refractivity contribution in [2.75, 3.05) is 5.32 Å². The van der Waals surface area contributed by atoms with Crippen LogP contribution in [0.5, 0.6) is 0 Å². The summed E-state index contributed by atoms with van der Waals surface area (Å²) in [7, 11) is 0. The minimum Gasteiger partial charge on any atom is -0.310 e. The molecule has 1 fully saturated rings. The van der Waals surface area contributed by atoms with Crippen LogP contribution in [0, 0.1) is 19.8 Å². The summed E-state index contributed by atoms with van der Waals surface area (Å²) in [4.78, 5) is 28.1. The zero-order valence-electron chi connectivity index (χ0n) is 12.0. The van der Waals surface area contributed by atoms with Gasteiger partial charge in [-0.25, -0.2) is 24.3 Å². The van der Waals surface area contributed by atoms with E-state index in [1.54, 1.807) is 19.9 Å². The van der Waals surface area contributed by atoms with Crippen molar-refractivity contribution in [2.24, 2.45) is 5.92 Å². The van der Waals surface area contributed by atoms with E-state index in [2.05, 4.69) is 25.3 Å². The molecule has 0 saturated heterocycles. The first-order valence-electron chi connectivity index (χ1n) is 6.69. The first-order chi connectivity index (χ1) is 10.4. The van der Waals surface area contributed by atoms with Crippen LogP contribution in [0.4, 0.5) is 10.2 Å². The Labute approximate surface area is 131 Å². The zero-order chi connectivity index (χ0) is 15.9. The van der Waals surface area contributed by atoms with Gasteiger partial charge in [0.2, 0.25) is 5.91 Å². The van der Waals surface area contributed by atoms with E-state index in [-0.39, 0.29) is 23.2 Å². The second-order valence-corrected chi connectivity index (χ2v) is 5.64. The molecule has 0 aromatic carbocycles. The number of hydrogen-bond donors (Lipinski definition) is 1. The van der Waals surface area contributed by atoms with Gasteiger partial charge in [-0.15, -0.1) is 0 Å². The Hall–Kier alpha value is -2.15. The molecular formula is C14H13ClFN5O. The van der Waals surface area contributed by atoms with Crippen LogP contribution in [-0.4, -0.2) is 25.8 Å². The number of hydrogen-bond acceptors (Lipinski definition) is 5. The molecule has 2 atom stereocenters. The van der Waals surface area contributed by atoms with Gasteiger partial charge in [-0.05, 0) is 19.9 Å². The van der Waals surface area contributed by atoms with Crippen molar-refractivity contribution in [3.63, 3.8) is 0 Å². The monoisotopic (exact) mass is 321 g/mol. The molecule has 1 aliphatic carbocycles. The van der Waals surface area contributed by atoms with Crippen LogP contribution in [-0.2, 0) is 10.5 Å². The van der Waals surface area contributed by atoms with Crippen molar-refractivity contribution in [3.05, 3.63) is 40.8 Å². The number of aromatic nitrogens is 4. The molecule has 114 valence electrons. The first-order valence-corrected chi connectivity index (χ1v) is 7.07. The van der Waals surface area contributed by atoms with E-state index in [9.17, 15) is 9.18 Å². The smallest absolute Gasteiger partial charge is 0.232 e. The molecule has 2 aromatic heterocycles. The minimum absolute atomic E-state index is 0.0459. The van der Waals surface area contributed by atoms with Gasteiger partial charge < -0.3 is 5.32 Å². The van der Waals surface area contributed by atoms with Crippen molar-refractivity contribution in [1.82, 2.24) is 19.9 Å². The summed E-state index contributed by atoms with van der Waals surface area (Å²) >= 11 is 5.80. The Bertz CT molecular complexity index is 736. The fourth-order valence-corrected chi connectivity index (χ4v) is 2.47. The molecule has 2 aromatic rings. The van der Waals surface area contributed by atoms with E-state index in [4.69, 9.17) is 11.6 Å². The molecule has 6 nitrogen and oxygen atoms in total. The fourth-order valence-electron chi connectivity index (χ4n) is 2.24. The summed E-state index contributed by atoms with van der Waals surface area (Å²) in [6, 6.07) is 3.09. The first kappa shape index (κ1) is 14.8. The number of halogens is 2. The topological polar surface area (TPSA) is 80.7 Å². The maximum atomic E-state index is 14.7. The number of alkyl halides is 1. The molecule has 1 amide bonds. The molecule has 0 unspecified atom stereocenters. The number of rotatable bonds is 3. The maximum absolute atomic E-state index is 14.7. The molecule has 0 bridgehead atoms. The predicted molar refractivity (Wildman–Crippen MR) is 78.1 cm³/mol. The van der Waals surface area contributed by atoms with E-state index >= 15 is 0 Å². The molecule has 3 rings (SSSR count). The second kappa shape index (κ2) is 5.24. The number of aryl methyl sites for hydroxylation is 2. The van der Waals surface area contributed by atoms with Crippen molar-refractivity contribution in [3.8, 4) is 0 Å². The highest BCUT2D eigenvalue weighted by atomic mass is 35.5. The summed E-state index contributed by atoms with van der Waals surface area (Å²) < 4.78 is 14.7.